The van der Waals surface area contributed by atoms with Gasteiger partial charge in [-0.05, 0) is 34.0 Å². The van der Waals surface area contributed by atoms with Gasteiger partial charge < -0.3 is 10.1 Å². The van der Waals surface area contributed by atoms with Gasteiger partial charge in [0.05, 0.1) is 12.7 Å². The van der Waals surface area contributed by atoms with Crippen molar-refractivity contribution < 1.29 is 14.3 Å². The zero-order valence-electron chi connectivity index (χ0n) is 14.0. The zero-order valence-corrected chi connectivity index (χ0v) is 14.0. The molecule has 25 heavy (non-hydrogen) atoms. The molecule has 3 rings (SSSR count). The van der Waals surface area contributed by atoms with E-state index in [-0.39, 0.29) is 5.91 Å². The molecule has 0 aliphatic heterocycles. The maximum Gasteiger partial charge on any atom is 0.328 e. The van der Waals surface area contributed by atoms with Crippen molar-refractivity contribution in [2.75, 3.05) is 7.11 Å². The van der Waals surface area contributed by atoms with Crippen LogP contribution in [0.15, 0.2) is 67.3 Å². The SMILES string of the molecule is C=CC[C@H](NC(=O)c1c2ccccc2cc2ccccc12)C(=O)OC. The fourth-order valence-corrected chi connectivity index (χ4v) is 3.01. The van der Waals surface area contributed by atoms with Crippen LogP contribution in [0, 0.1) is 0 Å². The molecular formula is C21H19NO3. The molecule has 1 amide bonds. The summed E-state index contributed by atoms with van der Waals surface area (Å²) in [5.74, 6) is -0.789. The number of fused-ring (bicyclic) bond motifs is 2. The first-order valence-electron chi connectivity index (χ1n) is 8.05. The Morgan fingerprint density at radius 3 is 2.16 bits per heavy atom. The van der Waals surface area contributed by atoms with E-state index in [4.69, 9.17) is 4.74 Å². The minimum absolute atomic E-state index is 0.301. The number of benzene rings is 3. The predicted octanol–water partition coefficient (Wildman–Crippen LogP) is 3.84. The van der Waals surface area contributed by atoms with Crippen molar-refractivity contribution in [3.63, 3.8) is 0 Å². The van der Waals surface area contributed by atoms with Gasteiger partial charge in [0, 0.05) is 0 Å². The van der Waals surface area contributed by atoms with Crippen LogP contribution in [0.4, 0.5) is 0 Å². The smallest absolute Gasteiger partial charge is 0.328 e. The molecule has 4 nitrogen and oxygen atoms in total. The minimum Gasteiger partial charge on any atom is -0.467 e. The highest BCUT2D eigenvalue weighted by atomic mass is 16.5. The molecule has 0 radical (unpaired) electrons. The lowest BCUT2D eigenvalue weighted by Gasteiger charge is -2.17. The van der Waals surface area contributed by atoms with Gasteiger partial charge in [-0.3, -0.25) is 4.79 Å². The maximum absolute atomic E-state index is 13.0. The third-order valence-electron chi connectivity index (χ3n) is 4.19. The average molecular weight is 333 g/mol. The second-order valence-electron chi connectivity index (χ2n) is 5.77. The molecule has 0 aliphatic rings. The van der Waals surface area contributed by atoms with E-state index in [0.29, 0.717) is 12.0 Å². The molecule has 0 saturated heterocycles. The molecule has 0 bridgehead atoms. The van der Waals surface area contributed by atoms with E-state index < -0.39 is 12.0 Å². The van der Waals surface area contributed by atoms with Gasteiger partial charge in [-0.2, -0.15) is 0 Å². The summed E-state index contributed by atoms with van der Waals surface area (Å²) in [6.45, 7) is 3.64. The Bertz CT molecular complexity index is 908. The van der Waals surface area contributed by atoms with Crippen molar-refractivity contribution in [2.24, 2.45) is 0 Å². The Kier molecular flexibility index (Phi) is 4.80. The van der Waals surface area contributed by atoms with Crippen LogP contribution in [0.25, 0.3) is 21.5 Å². The second kappa shape index (κ2) is 7.18. The molecule has 4 heteroatoms. The van der Waals surface area contributed by atoms with Crippen molar-refractivity contribution in [1.29, 1.82) is 0 Å². The summed E-state index contributed by atoms with van der Waals surface area (Å²) in [4.78, 5) is 24.9. The molecule has 1 N–H and O–H groups in total. The molecule has 0 heterocycles. The first-order chi connectivity index (χ1) is 12.2. The highest BCUT2D eigenvalue weighted by molar-refractivity contribution is 6.18. The number of carbonyl (C=O) groups excluding carboxylic acids is 2. The Balaban J connectivity index is 2.13. The summed E-state index contributed by atoms with van der Waals surface area (Å²) >= 11 is 0. The summed E-state index contributed by atoms with van der Waals surface area (Å²) in [5.41, 5.74) is 0.562. The summed E-state index contributed by atoms with van der Waals surface area (Å²) in [6.07, 6.45) is 1.89. The van der Waals surface area contributed by atoms with Crippen molar-refractivity contribution in [3.05, 3.63) is 72.8 Å². The van der Waals surface area contributed by atoms with Crippen LogP contribution >= 0.6 is 0 Å². The molecule has 3 aromatic carbocycles. The standard InChI is InChI=1S/C21H19NO3/c1-3-8-18(21(24)25-2)22-20(23)19-16-11-6-4-9-14(16)13-15-10-5-7-12-17(15)19/h3-7,9-13,18H,1,8H2,2H3,(H,22,23)/t18-/m0/s1. The lowest BCUT2D eigenvalue weighted by atomic mass is 9.96. The van der Waals surface area contributed by atoms with Gasteiger partial charge in [0.1, 0.15) is 6.04 Å². The lowest BCUT2D eigenvalue weighted by Crippen LogP contribution is -2.41. The highest BCUT2D eigenvalue weighted by Crippen LogP contribution is 2.28. The monoisotopic (exact) mass is 333 g/mol. The minimum atomic E-state index is -0.757. The molecule has 0 saturated carbocycles. The Morgan fingerprint density at radius 1 is 1.08 bits per heavy atom. The Morgan fingerprint density at radius 2 is 1.64 bits per heavy atom. The molecule has 0 unspecified atom stereocenters. The van der Waals surface area contributed by atoms with Crippen LogP contribution in [0.1, 0.15) is 16.8 Å². The fraction of sp³-hybridized carbons (Fsp3) is 0.143. The van der Waals surface area contributed by atoms with Crippen molar-refractivity contribution in [3.8, 4) is 0 Å². The molecule has 3 aromatic rings. The number of hydrogen-bond donors (Lipinski definition) is 1. The third kappa shape index (κ3) is 3.24. The number of carbonyl (C=O) groups is 2. The number of nitrogens with one attached hydrogen (secondary N) is 1. The van der Waals surface area contributed by atoms with E-state index in [0.717, 1.165) is 21.5 Å². The van der Waals surface area contributed by atoms with Crippen LogP contribution in [-0.4, -0.2) is 25.0 Å². The van der Waals surface area contributed by atoms with E-state index >= 15 is 0 Å². The number of esters is 1. The summed E-state index contributed by atoms with van der Waals surface area (Å²) in [5, 5.41) is 6.43. The van der Waals surface area contributed by atoms with E-state index in [9.17, 15) is 9.59 Å². The molecular weight excluding hydrogens is 314 g/mol. The van der Waals surface area contributed by atoms with Gasteiger partial charge >= 0.3 is 5.97 Å². The van der Waals surface area contributed by atoms with Crippen LogP contribution in [0.5, 0.6) is 0 Å². The van der Waals surface area contributed by atoms with Gasteiger partial charge in [0.2, 0.25) is 0 Å². The largest absolute Gasteiger partial charge is 0.467 e. The summed E-state index contributed by atoms with van der Waals surface area (Å²) in [7, 11) is 1.30. The van der Waals surface area contributed by atoms with E-state index in [1.165, 1.54) is 7.11 Å². The van der Waals surface area contributed by atoms with Gasteiger partial charge in [0.25, 0.3) is 5.91 Å². The first-order valence-corrected chi connectivity index (χ1v) is 8.05. The summed E-state index contributed by atoms with van der Waals surface area (Å²) < 4.78 is 4.78. The number of amides is 1. The molecule has 0 spiro atoms. The highest BCUT2D eigenvalue weighted by Gasteiger charge is 2.23. The van der Waals surface area contributed by atoms with Crippen LogP contribution < -0.4 is 5.32 Å². The van der Waals surface area contributed by atoms with Crippen LogP contribution in [0.2, 0.25) is 0 Å². The number of ether oxygens (including phenoxy) is 1. The van der Waals surface area contributed by atoms with Crippen molar-refractivity contribution in [2.45, 2.75) is 12.5 Å². The fourth-order valence-electron chi connectivity index (χ4n) is 3.01. The molecule has 0 aromatic heterocycles. The van der Waals surface area contributed by atoms with Gasteiger partial charge in [0.15, 0.2) is 0 Å². The quantitative estimate of drug-likeness (QED) is 0.438. The number of methoxy groups -OCH3 is 1. The predicted molar refractivity (Wildman–Crippen MR) is 99.5 cm³/mol. The topological polar surface area (TPSA) is 55.4 Å². The normalized spacial score (nSPS) is 11.9. The van der Waals surface area contributed by atoms with Gasteiger partial charge in [-0.25, -0.2) is 4.79 Å². The van der Waals surface area contributed by atoms with Gasteiger partial charge in [-0.15, -0.1) is 6.58 Å². The van der Waals surface area contributed by atoms with Crippen molar-refractivity contribution in [1.82, 2.24) is 5.32 Å². The average Bonchev–Trinajstić information content (AvgIpc) is 2.64. The zero-order chi connectivity index (χ0) is 17.8. The van der Waals surface area contributed by atoms with Crippen molar-refractivity contribution >= 4 is 33.4 Å². The van der Waals surface area contributed by atoms with E-state index in [2.05, 4.69) is 18.0 Å². The van der Waals surface area contributed by atoms with Gasteiger partial charge in [-0.1, -0.05) is 54.6 Å². The number of rotatable bonds is 5. The lowest BCUT2D eigenvalue weighted by molar-refractivity contribution is -0.142. The molecule has 1 atom stereocenters. The Hall–Kier alpha value is -3.14. The number of hydrogen-bond acceptors (Lipinski definition) is 3. The van der Waals surface area contributed by atoms with Crippen LogP contribution in [0.3, 0.4) is 0 Å². The Labute approximate surface area is 146 Å². The van der Waals surface area contributed by atoms with E-state index in [1.807, 2.05) is 48.5 Å². The third-order valence-corrected chi connectivity index (χ3v) is 4.19. The van der Waals surface area contributed by atoms with Crippen LogP contribution in [-0.2, 0) is 9.53 Å². The first kappa shape index (κ1) is 16.7. The maximum atomic E-state index is 13.0. The molecule has 0 fully saturated rings. The molecule has 0 aliphatic carbocycles. The summed E-state index contributed by atoms with van der Waals surface area (Å²) in [6, 6.07) is 16.7. The van der Waals surface area contributed by atoms with E-state index in [1.54, 1.807) is 6.08 Å². The molecule has 126 valence electrons. The second-order valence-corrected chi connectivity index (χ2v) is 5.77.